The summed E-state index contributed by atoms with van der Waals surface area (Å²) in [4.78, 5) is 17.0. The van der Waals surface area contributed by atoms with Crippen molar-refractivity contribution in [3.05, 3.63) is 97.5 Å². The number of rotatable bonds is 8. The Morgan fingerprint density at radius 3 is 2.77 bits per heavy atom. The highest BCUT2D eigenvalue weighted by Gasteiger charge is 2.21. The van der Waals surface area contributed by atoms with Gasteiger partial charge in [-0.1, -0.05) is 30.7 Å². The molecule has 184 valence electrons. The molecule has 0 fully saturated rings. The maximum Gasteiger partial charge on any atom is 0.273 e. The van der Waals surface area contributed by atoms with Crippen LogP contribution in [0.4, 0.5) is 8.78 Å². The average Bonchev–Trinajstić information content (AvgIpc) is 3.33. The van der Waals surface area contributed by atoms with Crippen LogP contribution >= 0.6 is 23.1 Å². The van der Waals surface area contributed by atoms with Crippen LogP contribution in [0.15, 0.2) is 68.6 Å². The van der Waals surface area contributed by atoms with Gasteiger partial charge in [-0.25, -0.2) is 13.2 Å². The Hall–Kier alpha value is -2.75. The van der Waals surface area contributed by atoms with Crippen molar-refractivity contribution in [3.63, 3.8) is 0 Å². The second kappa shape index (κ2) is 11.8. The molecule has 0 spiro atoms. The minimum atomic E-state index is -1.62. The van der Waals surface area contributed by atoms with Crippen LogP contribution in [0.2, 0.25) is 5.02 Å². The molecule has 2 aromatic heterocycles. The quantitative estimate of drug-likeness (QED) is 0.319. The molecule has 2 atom stereocenters. The maximum atomic E-state index is 15.5. The van der Waals surface area contributed by atoms with Crippen molar-refractivity contribution >= 4 is 45.8 Å². The third kappa shape index (κ3) is 6.09. The molecule has 2 unspecified atom stereocenters. The summed E-state index contributed by atoms with van der Waals surface area (Å²) >= 11 is 7.76. The summed E-state index contributed by atoms with van der Waals surface area (Å²) in [6.45, 7) is 5.29. The molecule has 0 aliphatic heterocycles. The van der Waals surface area contributed by atoms with Crippen LogP contribution in [0.1, 0.15) is 42.1 Å². The van der Waals surface area contributed by atoms with Crippen LogP contribution in [0.25, 0.3) is 6.20 Å². The van der Waals surface area contributed by atoms with Crippen molar-refractivity contribution in [3.8, 4) is 0 Å². The normalized spacial score (nSPS) is 14.5. The lowest BCUT2D eigenvalue weighted by molar-refractivity contribution is 0.591. The Balaban J connectivity index is 2.08. The van der Waals surface area contributed by atoms with E-state index in [9.17, 15) is 9.00 Å². The molecular formula is C25H24ClF2N3O2S2. The number of aromatic nitrogens is 2. The van der Waals surface area contributed by atoms with E-state index in [4.69, 9.17) is 11.6 Å². The highest BCUT2D eigenvalue weighted by molar-refractivity contribution is 7.84. The summed E-state index contributed by atoms with van der Waals surface area (Å²) in [5.41, 5.74) is 1.04. The van der Waals surface area contributed by atoms with Gasteiger partial charge in [0.2, 0.25) is 0 Å². The first kappa shape index (κ1) is 26.8. The molecule has 10 heteroatoms. The molecule has 0 saturated carbocycles. The van der Waals surface area contributed by atoms with E-state index in [-0.39, 0.29) is 27.1 Å². The first-order valence-electron chi connectivity index (χ1n) is 10.6. The van der Waals surface area contributed by atoms with E-state index in [1.807, 2.05) is 12.3 Å². The molecule has 3 aromatic rings. The van der Waals surface area contributed by atoms with Crippen LogP contribution in [0, 0.1) is 12.7 Å². The van der Waals surface area contributed by atoms with Gasteiger partial charge in [-0.2, -0.15) is 0 Å². The van der Waals surface area contributed by atoms with Gasteiger partial charge in [0.1, 0.15) is 16.6 Å². The lowest BCUT2D eigenvalue weighted by Crippen LogP contribution is -2.22. The molecule has 2 heterocycles. The van der Waals surface area contributed by atoms with Gasteiger partial charge in [0.05, 0.1) is 21.9 Å². The van der Waals surface area contributed by atoms with E-state index in [2.05, 4.69) is 9.37 Å². The largest absolute Gasteiger partial charge is 0.284 e. The maximum absolute atomic E-state index is 15.5. The highest BCUT2D eigenvalue weighted by atomic mass is 35.5. The summed E-state index contributed by atoms with van der Waals surface area (Å²) in [5, 5.41) is 1.92. The van der Waals surface area contributed by atoms with E-state index in [1.165, 1.54) is 42.2 Å². The fourth-order valence-corrected chi connectivity index (χ4v) is 5.07. The van der Waals surface area contributed by atoms with Gasteiger partial charge in [-0.05, 0) is 67.0 Å². The zero-order chi connectivity index (χ0) is 25.7. The molecule has 0 amide bonds. The number of pyridine rings is 1. The minimum absolute atomic E-state index is 0.0168. The van der Waals surface area contributed by atoms with Gasteiger partial charge in [0.25, 0.3) is 5.56 Å². The predicted octanol–water partition coefficient (Wildman–Crippen LogP) is 6.28. The molecular weight excluding hydrogens is 512 g/mol. The summed E-state index contributed by atoms with van der Waals surface area (Å²) < 4.78 is 47.6. The fraction of sp³-hybridized carbons (Fsp3) is 0.240. The Kier molecular flexibility index (Phi) is 9.04. The SMILES string of the molecule is C/C=C/N=C(/C(F)=C/n1c(C)cc(C(C)Cc2cnsc2)c(Cl)c1=O)c1cccc(S(C)=O)c1F. The molecule has 0 saturated heterocycles. The zero-order valence-corrected chi connectivity index (χ0v) is 22.0. The van der Waals surface area contributed by atoms with E-state index in [0.29, 0.717) is 17.7 Å². The van der Waals surface area contributed by atoms with Crippen LogP contribution in [-0.4, -0.2) is 25.1 Å². The van der Waals surface area contributed by atoms with E-state index in [0.717, 1.165) is 16.3 Å². The number of benzene rings is 1. The molecule has 0 bridgehead atoms. The summed E-state index contributed by atoms with van der Waals surface area (Å²) in [5.74, 6) is -1.85. The van der Waals surface area contributed by atoms with Crippen molar-refractivity contribution in [2.75, 3.05) is 6.26 Å². The third-order valence-electron chi connectivity index (χ3n) is 5.31. The number of aryl methyl sites for hydroxylation is 1. The second-order valence-corrected chi connectivity index (χ2v) is 10.3. The Labute approximate surface area is 214 Å². The van der Waals surface area contributed by atoms with E-state index >= 15 is 8.78 Å². The number of hydrogen-bond acceptors (Lipinski definition) is 5. The average molecular weight is 536 g/mol. The van der Waals surface area contributed by atoms with Crippen molar-refractivity contribution in [2.24, 2.45) is 4.99 Å². The van der Waals surface area contributed by atoms with Crippen molar-refractivity contribution < 1.29 is 13.0 Å². The van der Waals surface area contributed by atoms with Gasteiger partial charge in [0, 0.05) is 35.3 Å². The molecule has 0 aliphatic rings. The zero-order valence-electron chi connectivity index (χ0n) is 19.6. The Morgan fingerprint density at radius 1 is 1.40 bits per heavy atom. The second-order valence-electron chi connectivity index (χ2n) is 7.88. The predicted molar refractivity (Wildman–Crippen MR) is 140 cm³/mol. The molecule has 0 radical (unpaired) electrons. The van der Waals surface area contributed by atoms with Crippen molar-refractivity contribution in [1.29, 1.82) is 0 Å². The molecule has 5 nitrogen and oxygen atoms in total. The smallest absolute Gasteiger partial charge is 0.273 e. The standard InChI is InChI=1S/C25H24ClF2N3O2S2/c1-5-9-29-24(18-7-6-8-21(23(18)28)35(4)33)20(27)13-31-16(3)11-19(22(26)25(31)32)15(2)10-17-12-30-34-14-17/h5-9,11-15H,10H2,1-4H3/b9-5+,20-13-,29-24+. The minimum Gasteiger partial charge on any atom is -0.284 e. The van der Waals surface area contributed by atoms with Crippen LogP contribution in [0.3, 0.4) is 0 Å². The Morgan fingerprint density at radius 2 is 2.14 bits per heavy atom. The summed E-state index contributed by atoms with van der Waals surface area (Å²) in [6, 6.07) is 5.92. The van der Waals surface area contributed by atoms with Crippen molar-refractivity contribution in [1.82, 2.24) is 8.94 Å². The van der Waals surface area contributed by atoms with Gasteiger partial charge >= 0.3 is 0 Å². The molecule has 0 N–H and O–H groups in total. The lowest BCUT2D eigenvalue weighted by atomic mass is 9.95. The van der Waals surface area contributed by atoms with Gasteiger partial charge in [-0.3, -0.25) is 18.6 Å². The molecule has 3 rings (SSSR count). The topological polar surface area (TPSA) is 64.3 Å². The highest BCUT2D eigenvalue weighted by Crippen LogP contribution is 2.27. The Bertz CT molecular complexity index is 1400. The van der Waals surface area contributed by atoms with E-state index < -0.39 is 28.0 Å². The molecule has 0 aliphatic carbocycles. The number of aliphatic imine (C=N–C) groups is 1. The number of hydrogen-bond donors (Lipinski definition) is 0. The monoisotopic (exact) mass is 535 g/mol. The van der Waals surface area contributed by atoms with Gasteiger partial charge in [0.15, 0.2) is 5.83 Å². The van der Waals surface area contributed by atoms with Gasteiger partial charge < -0.3 is 0 Å². The summed E-state index contributed by atoms with van der Waals surface area (Å²) in [7, 11) is -1.62. The third-order valence-corrected chi connectivity index (χ3v) is 7.26. The number of allylic oxidation sites excluding steroid dienone is 2. The van der Waals surface area contributed by atoms with Gasteiger partial charge in [-0.15, -0.1) is 0 Å². The first-order chi connectivity index (χ1) is 16.6. The lowest BCUT2D eigenvalue weighted by Gasteiger charge is -2.16. The number of nitrogens with zero attached hydrogens (tertiary/aromatic N) is 3. The van der Waals surface area contributed by atoms with Crippen LogP contribution < -0.4 is 5.56 Å². The first-order valence-corrected chi connectivity index (χ1v) is 13.4. The summed E-state index contributed by atoms with van der Waals surface area (Å²) in [6.07, 6.45) is 7.57. The molecule has 1 aromatic carbocycles. The molecule has 35 heavy (non-hydrogen) atoms. The van der Waals surface area contributed by atoms with Crippen LogP contribution in [0.5, 0.6) is 0 Å². The van der Waals surface area contributed by atoms with Crippen molar-refractivity contribution in [2.45, 2.75) is 38.0 Å². The number of halogens is 3. The van der Waals surface area contributed by atoms with E-state index in [1.54, 1.807) is 32.2 Å². The fourth-order valence-electron chi connectivity index (χ4n) is 3.56. The van der Waals surface area contributed by atoms with Crippen LogP contribution in [-0.2, 0) is 17.2 Å².